The standard InChI is InChI=1S/C21H24N6O3/c1-25-18-17(7-4-8-22-18)24-19(20(25)28)26-9-11-27(12-10-26)21(29)23-14-15-5-3-6-16(13-15)30-2/h3-8,13H,9-12,14H2,1-2H3,(H,23,29). The number of anilines is 1. The number of fused-ring (bicyclic) bond motifs is 1. The first-order valence-electron chi connectivity index (χ1n) is 9.79. The number of aromatic nitrogens is 3. The van der Waals surface area contributed by atoms with E-state index in [1.165, 1.54) is 4.57 Å². The minimum Gasteiger partial charge on any atom is -0.497 e. The Morgan fingerprint density at radius 3 is 2.73 bits per heavy atom. The molecule has 0 radical (unpaired) electrons. The van der Waals surface area contributed by atoms with Gasteiger partial charge >= 0.3 is 6.03 Å². The lowest BCUT2D eigenvalue weighted by Gasteiger charge is -2.35. The van der Waals surface area contributed by atoms with Gasteiger partial charge < -0.3 is 19.9 Å². The molecule has 156 valence electrons. The molecular weight excluding hydrogens is 384 g/mol. The van der Waals surface area contributed by atoms with Gasteiger partial charge in [-0.2, -0.15) is 0 Å². The zero-order valence-electron chi connectivity index (χ0n) is 17.0. The van der Waals surface area contributed by atoms with Gasteiger partial charge in [0.05, 0.1) is 7.11 Å². The molecule has 1 saturated heterocycles. The molecule has 9 nitrogen and oxygen atoms in total. The summed E-state index contributed by atoms with van der Waals surface area (Å²) < 4.78 is 6.73. The number of hydrogen-bond donors (Lipinski definition) is 1. The van der Waals surface area contributed by atoms with Crippen molar-refractivity contribution in [1.29, 1.82) is 0 Å². The SMILES string of the molecule is COc1cccc(CNC(=O)N2CCN(c3nc4cccnc4n(C)c3=O)CC2)c1. The summed E-state index contributed by atoms with van der Waals surface area (Å²) in [5, 5.41) is 2.94. The molecule has 3 heterocycles. The Labute approximate surface area is 173 Å². The van der Waals surface area contributed by atoms with E-state index in [2.05, 4.69) is 15.3 Å². The molecule has 2 aromatic heterocycles. The van der Waals surface area contributed by atoms with E-state index in [-0.39, 0.29) is 11.6 Å². The van der Waals surface area contributed by atoms with Crippen molar-refractivity contribution in [1.82, 2.24) is 24.8 Å². The molecule has 0 saturated carbocycles. The van der Waals surface area contributed by atoms with Crippen molar-refractivity contribution >= 4 is 23.0 Å². The first kappa shape index (κ1) is 19.7. The molecule has 9 heteroatoms. The van der Waals surface area contributed by atoms with E-state index in [0.717, 1.165) is 11.3 Å². The number of carbonyl (C=O) groups is 1. The first-order chi connectivity index (χ1) is 14.6. The summed E-state index contributed by atoms with van der Waals surface area (Å²) in [4.78, 5) is 37.7. The molecule has 1 aliphatic heterocycles. The quantitative estimate of drug-likeness (QED) is 0.701. The normalized spacial score (nSPS) is 14.1. The van der Waals surface area contributed by atoms with Gasteiger partial charge in [0.15, 0.2) is 11.5 Å². The number of urea groups is 1. The zero-order chi connectivity index (χ0) is 21.1. The fourth-order valence-corrected chi connectivity index (χ4v) is 3.54. The van der Waals surface area contributed by atoms with E-state index in [1.807, 2.05) is 35.2 Å². The number of hydrogen-bond acceptors (Lipinski definition) is 6. The number of pyridine rings is 1. The van der Waals surface area contributed by atoms with Gasteiger partial charge in [-0.3, -0.25) is 9.36 Å². The summed E-state index contributed by atoms with van der Waals surface area (Å²) in [5.74, 6) is 1.16. The zero-order valence-corrected chi connectivity index (χ0v) is 17.0. The van der Waals surface area contributed by atoms with Crippen LogP contribution in [-0.4, -0.2) is 58.8 Å². The third-order valence-corrected chi connectivity index (χ3v) is 5.25. The van der Waals surface area contributed by atoms with Crippen molar-refractivity contribution in [2.45, 2.75) is 6.54 Å². The molecular formula is C21H24N6O3. The van der Waals surface area contributed by atoms with Crippen molar-refractivity contribution < 1.29 is 9.53 Å². The van der Waals surface area contributed by atoms with Crippen molar-refractivity contribution in [3.8, 4) is 5.75 Å². The van der Waals surface area contributed by atoms with Crippen molar-refractivity contribution in [2.75, 3.05) is 38.2 Å². The van der Waals surface area contributed by atoms with Gasteiger partial charge in [-0.05, 0) is 29.8 Å². The monoisotopic (exact) mass is 408 g/mol. The van der Waals surface area contributed by atoms with E-state index in [4.69, 9.17) is 4.74 Å². The Kier molecular flexibility index (Phi) is 5.51. The minimum absolute atomic E-state index is 0.124. The number of methoxy groups -OCH3 is 1. The van der Waals surface area contributed by atoms with Gasteiger partial charge in [-0.25, -0.2) is 14.8 Å². The maximum absolute atomic E-state index is 12.7. The number of nitrogens with zero attached hydrogens (tertiary/aromatic N) is 5. The first-order valence-corrected chi connectivity index (χ1v) is 9.79. The molecule has 3 aromatic rings. The number of piperazine rings is 1. The summed E-state index contributed by atoms with van der Waals surface area (Å²) in [7, 11) is 3.32. The number of benzene rings is 1. The highest BCUT2D eigenvalue weighted by atomic mass is 16.5. The molecule has 30 heavy (non-hydrogen) atoms. The molecule has 0 aliphatic carbocycles. The summed E-state index contributed by atoms with van der Waals surface area (Å²) in [6, 6.07) is 11.1. The Bertz CT molecular complexity index is 1120. The van der Waals surface area contributed by atoms with Gasteiger partial charge in [0.2, 0.25) is 0 Å². The van der Waals surface area contributed by atoms with E-state index in [9.17, 15) is 9.59 Å². The van der Waals surface area contributed by atoms with Crippen LogP contribution in [0, 0.1) is 0 Å². The highest BCUT2D eigenvalue weighted by Crippen LogP contribution is 2.15. The molecule has 0 unspecified atom stereocenters. The highest BCUT2D eigenvalue weighted by Gasteiger charge is 2.24. The Morgan fingerprint density at radius 2 is 1.97 bits per heavy atom. The summed E-state index contributed by atoms with van der Waals surface area (Å²) in [6.07, 6.45) is 1.64. The third kappa shape index (κ3) is 3.91. The van der Waals surface area contributed by atoms with Crippen LogP contribution in [0.1, 0.15) is 5.56 Å². The van der Waals surface area contributed by atoms with Crippen LogP contribution in [0.25, 0.3) is 11.2 Å². The van der Waals surface area contributed by atoms with Crippen LogP contribution in [0.2, 0.25) is 0 Å². The predicted octanol–water partition coefficient (Wildman–Crippen LogP) is 1.37. The topological polar surface area (TPSA) is 92.6 Å². The largest absolute Gasteiger partial charge is 0.497 e. The average Bonchev–Trinajstić information content (AvgIpc) is 2.80. The van der Waals surface area contributed by atoms with Crippen LogP contribution in [0.15, 0.2) is 47.4 Å². The second-order valence-corrected chi connectivity index (χ2v) is 7.13. The van der Waals surface area contributed by atoms with Crippen LogP contribution in [0.3, 0.4) is 0 Å². The number of carbonyl (C=O) groups excluding carboxylic acids is 1. The Balaban J connectivity index is 1.39. The smallest absolute Gasteiger partial charge is 0.317 e. The molecule has 1 N–H and O–H groups in total. The summed E-state index contributed by atoms with van der Waals surface area (Å²) >= 11 is 0. The number of nitrogens with one attached hydrogen (secondary N) is 1. The van der Waals surface area contributed by atoms with E-state index < -0.39 is 0 Å². The molecule has 1 aromatic carbocycles. The van der Waals surface area contributed by atoms with Gasteiger partial charge in [-0.15, -0.1) is 0 Å². The maximum Gasteiger partial charge on any atom is 0.317 e. The molecule has 0 atom stereocenters. The number of aryl methyl sites for hydroxylation is 1. The van der Waals surface area contributed by atoms with Crippen LogP contribution in [-0.2, 0) is 13.6 Å². The van der Waals surface area contributed by atoms with E-state index in [1.54, 1.807) is 31.3 Å². The number of amides is 2. The van der Waals surface area contributed by atoms with E-state index in [0.29, 0.717) is 49.7 Å². The van der Waals surface area contributed by atoms with Crippen LogP contribution in [0.5, 0.6) is 5.75 Å². The fraction of sp³-hybridized carbons (Fsp3) is 0.333. The molecule has 1 fully saturated rings. The summed E-state index contributed by atoms with van der Waals surface area (Å²) in [5.41, 5.74) is 2.02. The number of rotatable bonds is 4. The fourth-order valence-electron chi connectivity index (χ4n) is 3.54. The Morgan fingerprint density at radius 1 is 1.17 bits per heavy atom. The van der Waals surface area contributed by atoms with Gasteiger partial charge in [0, 0.05) is 46.0 Å². The molecule has 4 rings (SSSR count). The van der Waals surface area contributed by atoms with Crippen molar-refractivity contribution in [3.63, 3.8) is 0 Å². The van der Waals surface area contributed by atoms with Crippen molar-refractivity contribution in [3.05, 3.63) is 58.5 Å². The Hall–Kier alpha value is -3.62. The van der Waals surface area contributed by atoms with Gasteiger partial charge in [0.25, 0.3) is 5.56 Å². The number of ether oxygens (including phenoxy) is 1. The predicted molar refractivity (Wildman–Crippen MR) is 114 cm³/mol. The van der Waals surface area contributed by atoms with Gasteiger partial charge in [0.1, 0.15) is 11.3 Å². The maximum atomic E-state index is 12.7. The molecule has 0 bridgehead atoms. The lowest BCUT2D eigenvalue weighted by Crippen LogP contribution is -2.53. The second-order valence-electron chi connectivity index (χ2n) is 7.13. The second kappa shape index (κ2) is 8.40. The summed E-state index contributed by atoms with van der Waals surface area (Å²) in [6.45, 7) is 2.54. The molecule has 1 aliphatic rings. The van der Waals surface area contributed by atoms with Crippen molar-refractivity contribution in [2.24, 2.45) is 7.05 Å². The molecule has 2 amide bonds. The lowest BCUT2D eigenvalue weighted by atomic mass is 10.2. The van der Waals surface area contributed by atoms with E-state index >= 15 is 0 Å². The average molecular weight is 408 g/mol. The molecule has 0 spiro atoms. The highest BCUT2D eigenvalue weighted by molar-refractivity contribution is 5.75. The van der Waals surface area contributed by atoms with Crippen LogP contribution in [0.4, 0.5) is 10.6 Å². The minimum atomic E-state index is -0.183. The lowest BCUT2D eigenvalue weighted by molar-refractivity contribution is 0.193. The third-order valence-electron chi connectivity index (χ3n) is 5.25. The van der Waals surface area contributed by atoms with Gasteiger partial charge in [-0.1, -0.05) is 12.1 Å². The van der Waals surface area contributed by atoms with Crippen LogP contribution >= 0.6 is 0 Å². The van der Waals surface area contributed by atoms with Crippen LogP contribution < -0.4 is 20.5 Å².